The summed E-state index contributed by atoms with van der Waals surface area (Å²) in [4.78, 5) is 33.1. The van der Waals surface area contributed by atoms with Crippen LogP contribution in [0.4, 0.5) is 17.2 Å². The highest BCUT2D eigenvalue weighted by molar-refractivity contribution is 5.96. The maximum atomic E-state index is 12.7. The van der Waals surface area contributed by atoms with Crippen molar-refractivity contribution in [2.45, 2.75) is 13.8 Å². The van der Waals surface area contributed by atoms with Crippen molar-refractivity contribution in [2.24, 2.45) is 5.10 Å². The molecule has 0 atom stereocenters. The molecule has 1 aromatic carbocycles. The molecule has 1 aliphatic heterocycles. The number of nitrogens with zero attached hydrogens (tertiary/aromatic N) is 5. The maximum Gasteiger partial charge on any atom is 0.341 e. The van der Waals surface area contributed by atoms with Crippen LogP contribution in [0, 0.1) is 0 Å². The van der Waals surface area contributed by atoms with E-state index >= 15 is 0 Å². The summed E-state index contributed by atoms with van der Waals surface area (Å²) in [5, 5.41) is 14.0. The van der Waals surface area contributed by atoms with Crippen molar-refractivity contribution in [1.29, 1.82) is 0 Å². The van der Waals surface area contributed by atoms with E-state index in [9.17, 15) is 14.7 Å². The lowest BCUT2D eigenvalue weighted by Gasteiger charge is -2.37. The molecule has 9 heteroatoms. The topological polar surface area (TPSA) is 117 Å². The second-order valence-corrected chi connectivity index (χ2v) is 7.66. The Morgan fingerprint density at radius 2 is 1.84 bits per heavy atom. The summed E-state index contributed by atoms with van der Waals surface area (Å²) in [6, 6.07) is 9.23. The van der Waals surface area contributed by atoms with Crippen molar-refractivity contribution in [1.82, 2.24) is 9.66 Å². The Bertz CT molecular complexity index is 1220. The van der Waals surface area contributed by atoms with E-state index in [1.807, 2.05) is 24.3 Å². The molecule has 4 rings (SSSR count). The van der Waals surface area contributed by atoms with Crippen LogP contribution in [0.2, 0.25) is 0 Å². The van der Waals surface area contributed by atoms with E-state index in [0.717, 1.165) is 43.4 Å². The van der Waals surface area contributed by atoms with Crippen LogP contribution in [0.1, 0.15) is 24.2 Å². The fourth-order valence-electron chi connectivity index (χ4n) is 3.80. The number of aromatic carboxylic acids is 1. The van der Waals surface area contributed by atoms with Crippen LogP contribution in [-0.4, -0.2) is 52.6 Å². The fraction of sp³-hybridized carbons (Fsp3) is 0.273. The van der Waals surface area contributed by atoms with Crippen LogP contribution >= 0.6 is 0 Å². The van der Waals surface area contributed by atoms with Gasteiger partial charge in [-0.1, -0.05) is 6.07 Å². The summed E-state index contributed by atoms with van der Waals surface area (Å²) in [5.41, 5.74) is 7.88. The number of pyridine rings is 2. The van der Waals surface area contributed by atoms with Gasteiger partial charge < -0.3 is 20.6 Å². The van der Waals surface area contributed by atoms with Crippen LogP contribution in [0.3, 0.4) is 0 Å². The quantitative estimate of drug-likeness (QED) is 0.491. The SMILES string of the molecule is CC(C)=Nn1cc(C(=O)O)c(=O)c2cc(N)c(N3CCN(c4ccccn4)CC3)cc21. The summed E-state index contributed by atoms with van der Waals surface area (Å²) < 4.78 is 1.45. The number of hydrogen-bond acceptors (Lipinski definition) is 7. The minimum absolute atomic E-state index is 0.235. The van der Waals surface area contributed by atoms with Gasteiger partial charge in [0.2, 0.25) is 5.43 Å². The number of piperazine rings is 1. The molecule has 3 heterocycles. The number of rotatable bonds is 4. The van der Waals surface area contributed by atoms with E-state index in [-0.39, 0.29) is 10.9 Å². The molecule has 2 aromatic heterocycles. The number of benzene rings is 1. The molecule has 0 radical (unpaired) electrons. The van der Waals surface area contributed by atoms with E-state index < -0.39 is 11.4 Å². The van der Waals surface area contributed by atoms with Gasteiger partial charge in [-0.15, -0.1) is 0 Å². The van der Waals surface area contributed by atoms with Gasteiger partial charge in [0.05, 0.1) is 22.3 Å². The Kier molecular flexibility index (Phi) is 5.33. The van der Waals surface area contributed by atoms with E-state index in [1.54, 1.807) is 26.1 Å². The van der Waals surface area contributed by atoms with Crippen LogP contribution in [0.15, 0.2) is 52.6 Å². The van der Waals surface area contributed by atoms with Crippen LogP contribution in [0.5, 0.6) is 0 Å². The van der Waals surface area contributed by atoms with Crippen molar-refractivity contribution in [3.63, 3.8) is 0 Å². The smallest absolute Gasteiger partial charge is 0.341 e. The van der Waals surface area contributed by atoms with E-state index in [1.165, 1.54) is 10.9 Å². The number of carboxylic acid groups (broad SMARTS) is 1. The Hall–Kier alpha value is -3.88. The Balaban J connectivity index is 1.74. The Morgan fingerprint density at radius 3 is 2.45 bits per heavy atom. The van der Waals surface area contributed by atoms with Gasteiger partial charge in [0.1, 0.15) is 11.4 Å². The molecule has 0 aliphatic carbocycles. The minimum atomic E-state index is -1.29. The van der Waals surface area contributed by atoms with Gasteiger partial charge >= 0.3 is 5.97 Å². The summed E-state index contributed by atoms with van der Waals surface area (Å²) in [5.74, 6) is -0.352. The fourth-order valence-corrected chi connectivity index (χ4v) is 3.80. The highest BCUT2D eigenvalue weighted by Gasteiger charge is 2.22. The summed E-state index contributed by atoms with van der Waals surface area (Å²) in [7, 11) is 0. The van der Waals surface area contributed by atoms with Gasteiger partial charge in [-0.3, -0.25) is 4.79 Å². The highest BCUT2D eigenvalue weighted by Crippen LogP contribution is 2.30. The lowest BCUT2D eigenvalue weighted by molar-refractivity contribution is 0.0695. The lowest BCUT2D eigenvalue weighted by atomic mass is 10.1. The molecule has 3 N–H and O–H groups in total. The van der Waals surface area contributed by atoms with E-state index in [2.05, 4.69) is 19.9 Å². The van der Waals surface area contributed by atoms with Gasteiger partial charge in [-0.2, -0.15) is 5.10 Å². The van der Waals surface area contributed by atoms with Gasteiger partial charge in [-0.05, 0) is 38.1 Å². The summed E-state index contributed by atoms with van der Waals surface area (Å²) in [6.07, 6.45) is 3.04. The summed E-state index contributed by atoms with van der Waals surface area (Å²) in [6.45, 7) is 6.65. The molecule has 0 spiro atoms. The van der Waals surface area contributed by atoms with Crippen molar-refractivity contribution >= 4 is 39.8 Å². The first kappa shape index (κ1) is 20.4. The van der Waals surface area contributed by atoms with Gasteiger partial charge in [0.15, 0.2) is 0 Å². The van der Waals surface area contributed by atoms with Gasteiger partial charge in [-0.25, -0.2) is 14.5 Å². The molecule has 1 aliphatic rings. The molecule has 3 aromatic rings. The normalized spacial score (nSPS) is 14.0. The molecular formula is C22H24N6O3. The monoisotopic (exact) mass is 420 g/mol. The average molecular weight is 420 g/mol. The molecule has 1 fully saturated rings. The first-order valence-corrected chi connectivity index (χ1v) is 10.0. The number of carbonyl (C=O) groups is 1. The molecule has 1 saturated heterocycles. The number of aromatic nitrogens is 2. The van der Waals surface area contributed by atoms with Crippen molar-refractivity contribution in [3.05, 3.63) is 58.5 Å². The largest absolute Gasteiger partial charge is 0.477 e. The zero-order valence-electron chi connectivity index (χ0n) is 17.4. The molecule has 0 bridgehead atoms. The molecule has 31 heavy (non-hydrogen) atoms. The van der Waals surface area contributed by atoms with Crippen LogP contribution in [0.25, 0.3) is 10.9 Å². The molecule has 0 amide bonds. The first-order valence-electron chi connectivity index (χ1n) is 10.0. The number of nitrogens with two attached hydrogens (primary N) is 1. The van der Waals surface area contributed by atoms with Gasteiger partial charge in [0.25, 0.3) is 0 Å². The third kappa shape index (κ3) is 3.94. The Labute approximate surface area is 179 Å². The predicted molar refractivity (Wildman–Crippen MR) is 122 cm³/mol. The van der Waals surface area contributed by atoms with Crippen molar-refractivity contribution < 1.29 is 9.90 Å². The average Bonchev–Trinajstić information content (AvgIpc) is 2.76. The molecule has 9 nitrogen and oxygen atoms in total. The lowest BCUT2D eigenvalue weighted by Crippen LogP contribution is -2.47. The second kappa shape index (κ2) is 8.10. The molecule has 0 unspecified atom stereocenters. The zero-order valence-corrected chi connectivity index (χ0v) is 17.4. The maximum absolute atomic E-state index is 12.7. The minimum Gasteiger partial charge on any atom is -0.477 e. The van der Waals surface area contributed by atoms with Gasteiger partial charge in [0, 0.05) is 44.3 Å². The second-order valence-electron chi connectivity index (χ2n) is 7.66. The van der Waals surface area contributed by atoms with E-state index in [0.29, 0.717) is 11.2 Å². The third-order valence-corrected chi connectivity index (χ3v) is 5.26. The first-order chi connectivity index (χ1) is 14.8. The predicted octanol–water partition coefficient (Wildman–Crippen LogP) is 2.25. The van der Waals surface area contributed by atoms with Crippen molar-refractivity contribution in [3.8, 4) is 0 Å². The highest BCUT2D eigenvalue weighted by atomic mass is 16.4. The third-order valence-electron chi connectivity index (χ3n) is 5.26. The zero-order chi connectivity index (χ0) is 22.1. The number of hydrogen-bond donors (Lipinski definition) is 2. The van der Waals surface area contributed by atoms with E-state index in [4.69, 9.17) is 5.73 Å². The van der Waals surface area contributed by atoms with Crippen LogP contribution in [-0.2, 0) is 0 Å². The van der Waals surface area contributed by atoms with Crippen molar-refractivity contribution in [2.75, 3.05) is 41.7 Å². The standard InChI is InChI=1S/C22H24N6O3/c1-14(2)25-28-13-16(22(30)31)21(29)15-11-17(23)19(12-18(15)28)26-7-9-27(10-8-26)20-5-3-4-6-24-20/h3-6,11-13H,7-10,23H2,1-2H3,(H,30,31). The summed E-state index contributed by atoms with van der Waals surface area (Å²) >= 11 is 0. The molecule has 160 valence electrons. The number of anilines is 3. The molecular weight excluding hydrogens is 396 g/mol. The molecule has 0 saturated carbocycles. The van der Waals surface area contributed by atoms with Crippen LogP contribution < -0.4 is 21.0 Å². The number of carboxylic acids is 1. The Morgan fingerprint density at radius 1 is 1.13 bits per heavy atom. The number of nitrogen functional groups attached to an aromatic ring is 1. The number of fused-ring (bicyclic) bond motifs is 1.